The summed E-state index contributed by atoms with van der Waals surface area (Å²) in [5.74, 6) is 0.110. The van der Waals surface area contributed by atoms with E-state index in [0.29, 0.717) is 0 Å². The fraction of sp³-hybridized carbons (Fsp3) is 0.294. The normalized spacial score (nSPS) is 15.0. The Morgan fingerprint density at radius 1 is 1.14 bits per heavy atom. The van der Waals surface area contributed by atoms with Gasteiger partial charge in [0.05, 0.1) is 0 Å². The molecule has 2 heterocycles. The quantitative estimate of drug-likeness (QED) is 0.917. The second kappa shape index (κ2) is 6.06. The minimum atomic E-state index is 0.110. The van der Waals surface area contributed by atoms with E-state index in [0.717, 1.165) is 48.4 Å². The highest BCUT2D eigenvalue weighted by Crippen LogP contribution is 2.21. The lowest BCUT2D eigenvalue weighted by Gasteiger charge is -2.27. The molecule has 0 unspecified atom stereocenters. The Bertz CT molecular complexity index is 648. The lowest BCUT2D eigenvalue weighted by atomic mass is 10.0. The summed E-state index contributed by atoms with van der Waals surface area (Å²) in [6.07, 6.45) is 3.67. The van der Waals surface area contributed by atoms with Gasteiger partial charge in [0.15, 0.2) is 0 Å². The summed E-state index contributed by atoms with van der Waals surface area (Å²) in [4.78, 5) is 18.7. The molecule has 0 aliphatic carbocycles. The Labute approximate surface area is 124 Å². The largest absolute Gasteiger partial charge is 0.336 e. The van der Waals surface area contributed by atoms with E-state index in [2.05, 4.69) is 16.4 Å². The van der Waals surface area contributed by atoms with Crippen LogP contribution in [0.15, 0.2) is 42.7 Å². The molecule has 1 fully saturated rings. The molecule has 4 heteroatoms. The Hall–Kier alpha value is -2.20. The highest BCUT2D eigenvalue weighted by atomic mass is 16.2. The first-order valence-electron chi connectivity index (χ1n) is 7.26. The summed E-state index contributed by atoms with van der Waals surface area (Å²) in [5, 5.41) is 3.26. The van der Waals surface area contributed by atoms with E-state index in [1.165, 1.54) is 0 Å². The third-order valence-electron chi connectivity index (χ3n) is 3.72. The van der Waals surface area contributed by atoms with E-state index in [4.69, 9.17) is 0 Å². The summed E-state index contributed by atoms with van der Waals surface area (Å²) >= 11 is 0. The van der Waals surface area contributed by atoms with Gasteiger partial charge in [-0.1, -0.05) is 12.1 Å². The number of pyridine rings is 1. The van der Waals surface area contributed by atoms with E-state index in [-0.39, 0.29) is 5.91 Å². The van der Waals surface area contributed by atoms with E-state index in [1.54, 1.807) is 0 Å². The average Bonchev–Trinajstić information content (AvgIpc) is 2.55. The van der Waals surface area contributed by atoms with E-state index < -0.39 is 0 Å². The third-order valence-corrected chi connectivity index (χ3v) is 3.72. The molecule has 21 heavy (non-hydrogen) atoms. The summed E-state index contributed by atoms with van der Waals surface area (Å²) in [7, 11) is 0. The van der Waals surface area contributed by atoms with Crippen LogP contribution in [-0.4, -0.2) is 42.0 Å². The van der Waals surface area contributed by atoms with Crippen LogP contribution in [-0.2, 0) is 0 Å². The highest BCUT2D eigenvalue weighted by molar-refractivity contribution is 5.95. The van der Waals surface area contributed by atoms with Crippen molar-refractivity contribution in [2.45, 2.75) is 6.92 Å². The molecular weight excluding hydrogens is 262 g/mol. The van der Waals surface area contributed by atoms with Crippen LogP contribution in [0.3, 0.4) is 0 Å². The lowest BCUT2D eigenvalue weighted by molar-refractivity contribution is 0.0736. The zero-order valence-electron chi connectivity index (χ0n) is 12.2. The number of rotatable bonds is 2. The maximum Gasteiger partial charge on any atom is 0.253 e. The molecule has 0 bridgehead atoms. The van der Waals surface area contributed by atoms with E-state index >= 15 is 0 Å². The van der Waals surface area contributed by atoms with Crippen LogP contribution in [0.1, 0.15) is 15.9 Å². The van der Waals surface area contributed by atoms with Gasteiger partial charge >= 0.3 is 0 Å². The molecule has 1 aliphatic heterocycles. The molecule has 1 aromatic heterocycles. The number of hydrogen-bond donors (Lipinski definition) is 1. The molecule has 2 aromatic rings. The van der Waals surface area contributed by atoms with E-state index in [1.807, 2.05) is 48.5 Å². The van der Waals surface area contributed by atoms with E-state index in [9.17, 15) is 4.79 Å². The van der Waals surface area contributed by atoms with Crippen LogP contribution in [0.4, 0.5) is 0 Å². The third kappa shape index (κ3) is 3.11. The first-order chi connectivity index (χ1) is 10.2. The molecule has 1 N–H and O–H groups in total. The van der Waals surface area contributed by atoms with Crippen LogP contribution < -0.4 is 5.32 Å². The molecule has 108 valence electrons. The van der Waals surface area contributed by atoms with Crippen LogP contribution in [0, 0.1) is 6.92 Å². The summed E-state index contributed by atoms with van der Waals surface area (Å²) in [5.41, 5.74) is 3.94. The summed E-state index contributed by atoms with van der Waals surface area (Å²) < 4.78 is 0. The molecule has 3 rings (SSSR count). The molecule has 4 nitrogen and oxygen atoms in total. The van der Waals surface area contributed by atoms with Crippen molar-refractivity contribution in [2.75, 3.05) is 26.2 Å². The number of nitrogens with one attached hydrogen (secondary N) is 1. The predicted molar refractivity (Wildman–Crippen MR) is 83.2 cm³/mol. The van der Waals surface area contributed by atoms with Crippen molar-refractivity contribution < 1.29 is 4.79 Å². The Morgan fingerprint density at radius 2 is 1.95 bits per heavy atom. The number of piperazine rings is 1. The van der Waals surface area contributed by atoms with Gasteiger partial charge in [0.25, 0.3) is 5.91 Å². The second-order valence-corrected chi connectivity index (χ2v) is 5.37. The van der Waals surface area contributed by atoms with Crippen molar-refractivity contribution in [3.8, 4) is 11.1 Å². The maximum absolute atomic E-state index is 12.5. The smallest absolute Gasteiger partial charge is 0.253 e. The minimum absolute atomic E-state index is 0.110. The van der Waals surface area contributed by atoms with Crippen LogP contribution in [0.25, 0.3) is 11.1 Å². The topological polar surface area (TPSA) is 45.2 Å². The Morgan fingerprint density at radius 3 is 2.71 bits per heavy atom. The van der Waals surface area contributed by atoms with Gasteiger partial charge in [0.1, 0.15) is 0 Å². The van der Waals surface area contributed by atoms with Gasteiger partial charge < -0.3 is 10.2 Å². The maximum atomic E-state index is 12.5. The number of amides is 1. The SMILES string of the molecule is Cc1cncc(-c2cccc(C(=O)N3CCNCC3)c2)c1. The second-order valence-electron chi connectivity index (χ2n) is 5.37. The molecular formula is C17H19N3O. The zero-order valence-corrected chi connectivity index (χ0v) is 12.2. The van der Waals surface area contributed by atoms with Crippen molar-refractivity contribution in [2.24, 2.45) is 0 Å². The van der Waals surface area contributed by atoms with Crippen molar-refractivity contribution in [1.29, 1.82) is 0 Å². The Balaban J connectivity index is 1.87. The van der Waals surface area contributed by atoms with Gasteiger partial charge in [-0.25, -0.2) is 0 Å². The van der Waals surface area contributed by atoms with Gasteiger partial charge in [-0.05, 0) is 36.2 Å². The minimum Gasteiger partial charge on any atom is -0.336 e. The number of nitrogens with zero attached hydrogens (tertiary/aromatic N) is 2. The van der Waals surface area contributed by atoms with Crippen molar-refractivity contribution >= 4 is 5.91 Å². The van der Waals surface area contributed by atoms with Gasteiger partial charge in [-0.15, -0.1) is 0 Å². The molecule has 1 aliphatic rings. The standard InChI is InChI=1S/C17H19N3O/c1-13-9-16(12-19-11-13)14-3-2-4-15(10-14)17(21)20-7-5-18-6-8-20/h2-4,9-12,18H,5-8H2,1H3. The zero-order chi connectivity index (χ0) is 14.7. The van der Waals surface area contributed by atoms with Crippen molar-refractivity contribution in [3.63, 3.8) is 0 Å². The fourth-order valence-corrected chi connectivity index (χ4v) is 2.60. The molecule has 1 aromatic carbocycles. The van der Waals surface area contributed by atoms with Crippen molar-refractivity contribution in [3.05, 3.63) is 53.9 Å². The lowest BCUT2D eigenvalue weighted by Crippen LogP contribution is -2.46. The number of carbonyl (C=O) groups is 1. The van der Waals surface area contributed by atoms with Crippen LogP contribution >= 0.6 is 0 Å². The summed E-state index contributed by atoms with van der Waals surface area (Å²) in [6.45, 7) is 5.30. The van der Waals surface area contributed by atoms with Crippen molar-refractivity contribution in [1.82, 2.24) is 15.2 Å². The number of hydrogen-bond acceptors (Lipinski definition) is 3. The summed E-state index contributed by atoms with van der Waals surface area (Å²) in [6, 6.07) is 9.89. The number of aryl methyl sites for hydroxylation is 1. The van der Waals surface area contributed by atoms with Gasteiger partial charge in [-0.2, -0.15) is 0 Å². The average molecular weight is 281 g/mol. The first-order valence-corrected chi connectivity index (χ1v) is 7.26. The first kappa shape index (κ1) is 13.8. The van der Waals surface area contributed by atoms with Gasteiger partial charge in [0, 0.05) is 49.7 Å². The predicted octanol–water partition coefficient (Wildman–Crippen LogP) is 2.10. The monoisotopic (exact) mass is 281 g/mol. The molecule has 0 atom stereocenters. The number of benzene rings is 1. The fourth-order valence-electron chi connectivity index (χ4n) is 2.60. The molecule has 0 spiro atoms. The highest BCUT2D eigenvalue weighted by Gasteiger charge is 2.18. The number of carbonyl (C=O) groups excluding carboxylic acids is 1. The Kier molecular flexibility index (Phi) is 3.97. The molecule has 1 saturated heterocycles. The number of aromatic nitrogens is 1. The molecule has 1 amide bonds. The van der Waals surface area contributed by atoms with Crippen LogP contribution in [0.2, 0.25) is 0 Å². The van der Waals surface area contributed by atoms with Gasteiger partial charge in [0.2, 0.25) is 0 Å². The molecule has 0 saturated carbocycles. The van der Waals surface area contributed by atoms with Crippen LogP contribution in [0.5, 0.6) is 0 Å². The molecule has 0 radical (unpaired) electrons. The van der Waals surface area contributed by atoms with Gasteiger partial charge in [-0.3, -0.25) is 9.78 Å².